The first kappa shape index (κ1) is 29.8. The molecule has 0 aliphatic carbocycles. The Bertz CT molecular complexity index is 2670. The molecule has 0 spiro atoms. The van der Waals surface area contributed by atoms with Crippen LogP contribution in [0.4, 0.5) is 0 Å². The number of rotatable bonds is 6. The number of para-hydroxylation sites is 2. The average molecular weight is 713 g/mol. The molecule has 0 saturated carbocycles. The first-order valence-corrected chi connectivity index (χ1v) is 21.6. The predicted octanol–water partition coefficient (Wildman–Crippen LogP) is 10.2. The van der Waals surface area contributed by atoms with E-state index in [1.165, 1.54) is 39.8 Å². The van der Waals surface area contributed by atoms with Gasteiger partial charge in [-0.3, -0.25) is 0 Å². The van der Waals surface area contributed by atoms with E-state index in [1.54, 1.807) is 0 Å². The van der Waals surface area contributed by atoms with Crippen LogP contribution in [0.2, 0.25) is 0 Å². The number of hydrogen-bond acceptors (Lipinski definition) is 2. The van der Waals surface area contributed by atoms with E-state index in [-0.39, 0.29) is 0 Å². The summed E-state index contributed by atoms with van der Waals surface area (Å²) in [7, 11) is 0. The van der Waals surface area contributed by atoms with Crippen molar-refractivity contribution < 1.29 is 8.83 Å². The molecule has 3 heteroatoms. The van der Waals surface area contributed by atoms with E-state index in [0.29, 0.717) is 0 Å². The summed E-state index contributed by atoms with van der Waals surface area (Å²) in [6.07, 6.45) is 0. The van der Waals surface area contributed by atoms with Gasteiger partial charge in [0.1, 0.15) is 0 Å². The standard InChI is InChI=1S/C48H32GeO2/c1-3-15-37(16-4-1)49(38-17-5-2-6-18-38,39-19-11-13-33(29-39)35-25-27-47-43(31-35)41-21-7-9-23-45(41)50-47)40-20-12-14-34(30-40)36-26-28-48-44(32-36)42-22-8-10-24-46(42)51-48/h1-32H. The van der Waals surface area contributed by atoms with E-state index in [1.807, 2.05) is 24.3 Å². The summed E-state index contributed by atoms with van der Waals surface area (Å²) in [4.78, 5) is 0. The second-order valence-corrected chi connectivity index (χ2v) is 21.3. The van der Waals surface area contributed by atoms with Gasteiger partial charge in [0.05, 0.1) is 0 Å². The maximum atomic E-state index is 6.19. The zero-order valence-corrected chi connectivity index (χ0v) is 29.9. The summed E-state index contributed by atoms with van der Waals surface area (Å²) in [6.45, 7) is 0. The fraction of sp³-hybridized carbons (Fsp3) is 0. The Morgan fingerprint density at radius 3 is 1.10 bits per heavy atom. The normalized spacial score (nSPS) is 11.9. The zero-order chi connectivity index (χ0) is 33.8. The van der Waals surface area contributed by atoms with Gasteiger partial charge in [-0.05, 0) is 0 Å². The van der Waals surface area contributed by atoms with Gasteiger partial charge in [-0.15, -0.1) is 0 Å². The molecule has 51 heavy (non-hydrogen) atoms. The zero-order valence-electron chi connectivity index (χ0n) is 27.8. The molecule has 240 valence electrons. The molecule has 0 fully saturated rings. The molecule has 0 aliphatic heterocycles. The van der Waals surface area contributed by atoms with Crippen LogP contribution in [0, 0.1) is 0 Å². The minimum atomic E-state index is -3.61. The summed E-state index contributed by atoms with van der Waals surface area (Å²) >= 11 is -3.61. The van der Waals surface area contributed by atoms with Crippen molar-refractivity contribution in [2.24, 2.45) is 0 Å². The summed E-state index contributed by atoms with van der Waals surface area (Å²) in [5.74, 6) is 0. The summed E-state index contributed by atoms with van der Waals surface area (Å²) < 4.78 is 17.9. The predicted molar refractivity (Wildman–Crippen MR) is 215 cm³/mol. The number of hydrogen-bond donors (Lipinski definition) is 0. The van der Waals surface area contributed by atoms with E-state index in [9.17, 15) is 0 Å². The van der Waals surface area contributed by atoms with Crippen LogP contribution in [0.1, 0.15) is 0 Å². The van der Waals surface area contributed by atoms with Gasteiger partial charge in [0.2, 0.25) is 0 Å². The van der Waals surface area contributed by atoms with Gasteiger partial charge in [-0.25, -0.2) is 0 Å². The van der Waals surface area contributed by atoms with Gasteiger partial charge in [0.15, 0.2) is 0 Å². The van der Waals surface area contributed by atoms with Crippen molar-refractivity contribution in [3.63, 3.8) is 0 Å². The third-order valence-electron chi connectivity index (χ3n) is 10.4. The van der Waals surface area contributed by atoms with Crippen molar-refractivity contribution in [2.45, 2.75) is 0 Å². The van der Waals surface area contributed by atoms with Crippen molar-refractivity contribution in [1.29, 1.82) is 0 Å². The Kier molecular flexibility index (Phi) is 7.04. The van der Waals surface area contributed by atoms with Crippen LogP contribution in [-0.4, -0.2) is 13.3 Å². The number of furan rings is 2. The van der Waals surface area contributed by atoms with Gasteiger partial charge in [-0.1, -0.05) is 0 Å². The fourth-order valence-corrected chi connectivity index (χ4v) is 18.2. The van der Waals surface area contributed by atoms with Crippen LogP contribution >= 0.6 is 0 Å². The molecule has 8 aromatic carbocycles. The summed E-state index contributed by atoms with van der Waals surface area (Å²) in [5, 5.41) is 4.57. The molecule has 10 aromatic rings. The number of benzene rings is 8. The van der Waals surface area contributed by atoms with Crippen molar-refractivity contribution in [3.05, 3.63) is 194 Å². The monoisotopic (exact) mass is 714 g/mol. The molecule has 0 radical (unpaired) electrons. The Morgan fingerprint density at radius 2 is 0.627 bits per heavy atom. The molecule has 0 amide bonds. The van der Waals surface area contributed by atoms with E-state index < -0.39 is 13.3 Å². The van der Waals surface area contributed by atoms with Crippen LogP contribution < -0.4 is 17.6 Å². The van der Waals surface area contributed by atoms with Crippen molar-refractivity contribution >= 4 is 74.7 Å². The molecule has 10 rings (SSSR count). The van der Waals surface area contributed by atoms with Crippen LogP contribution in [0.15, 0.2) is 203 Å². The SMILES string of the molecule is c1cc[c]([Ge]([c]2ccccc2)([c]2cccc(-c3ccc4oc5ccccc5c4c3)c2)[c]2cccc(-c3ccc4oc5ccccc5c4c3)c2)cc1. The van der Waals surface area contributed by atoms with E-state index in [4.69, 9.17) is 8.83 Å². The summed E-state index contributed by atoms with van der Waals surface area (Å²) in [5.41, 5.74) is 8.43. The van der Waals surface area contributed by atoms with E-state index in [2.05, 4.69) is 170 Å². The molecule has 2 nitrogen and oxygen atoms in total. The second kappa shape index (κ2) is 12.0. The van der Waals surface area contributed by atoms with Gasteiger partial charge in [-0.2, -0.15) is 0 Å². The molecule has 0 bridgehead atoms. The molecule has 0 aliphatic rings. The summed E-state index contributed by atoms with van der Waals surface area (Å²) in [6, 6.07) is 70.9. The fourth-order valence-electron chi connectivity index (χ4n) is 8.05. The molecule has 0 unspecified atom stereocenters. The Labute approximate surface area is 298 Å². The molecule has 2 aromatic heterocycles. The molecule has 0 N–H and O–H groups in total. The molecular weight excluding hydrogens is 681 g/mol. The third kappa shape index (κ3) is 4.86. The minimum absolute atomic E-state index is 0.912. The van der Waals surface area contributed by atoms with Crippen molar-refractivity contribution in [3.8, 4) is 22.3 Å². The second-order valence-electron chi connectivity index (χ2n) is 13.3. The third-order valence-corrected chi connectivity index (χ3v) is 20.4. The topological polar surface area (TPSA) is 26.3 Å². The van der Waals surface area contributed by atoms with E-state index in [0.717, 1.165) is 43.9 Å². The molecule has 0 atom stereocenters. The first-order chi connectivity index (χ1) is 25.3. The van der Waals surface area contributed by atoms with Gasteiger partial charge < -0.3 is 0 Å². The van der Waals surface area contributed by atoms with Gasteiger partial charge in [0, 0.05) is 0 Å². The Balaban J connectivity index is 1.20. The first-order valence-electron chi connectivity index (χ1n) is 17.4. The molecule has 0 saturated heterocycles. The van der Waals surface area contributed by atoms with Crippen LogP contribution in [0.5, 0.6) is 0 Å². The van der Waals surface area contributed by atoms with Gasteiger partial charge in [0.25, 0.3) is 0 Å². The molecule has 2 heterocycles. The van der Waals surface area contributed by atoms with Crippen LogP contribution in [0.3, 0.4) is 0 Å². The van der Waals surface area contributed by atoms with E-state index >= 15 is 0 Å². The van der Waals surface area contributed by atoms with Gasteiger partial charge >= 0.3 is 300 Å². The van der Waals surface area contributed by atoms with Crippen molar-refractivity contribution in [1.82, 2.24) is 0 Å². The molecular formula is C48H32GeO2. The van der Waals surface area contributed by atoms with Crippen LogP contribution in [-0.2, 0) is 0 Å². The average Bonchev–Trinajstić information content (AvgIpc) is 3.77. The number of fused-ring (bicyclic) bond motifs is 6. The maximum absolute atomic E-state index is 6.19. The van der Waals surface area contributed by atoms with Crippen LogP contribution in [0.25, 0.3) is 66.1 Å². The Hall–Kier alpha value is -6.10. The van der Waals surface area contributed by atoms with Crippen molar-refractivity contribution in [2.75, 3.05) is 0 Å². The Morgan fingerprint density at radius 1 is 0.255 bits per heavy atom. The quantitative estimate of drug-likeness (QED) is 0.161.